The molecule has 0 aliphatic carbocycles. The van der Waals surface area contributed by atoms with Crippen LogP contribution in [0.25, 0.3) is 11.0 Å². The molecular formula is C29H28F3N3O2. The van der Waals surface area contributed by atoms with Gasteiger partial charge in [-0.1, -0.05) is 42.5 Å². The number of halogens is 3. The number of carbonyl (C=O) groups is 1. The van der Waals surface area contributed by atoms with Crippen molar-refractivity contribution in [3.05, 3.63) is 101 Å². The van der Waals surface area contributed by atoms with E-state index in [1.807, 2.05) is 24.5 Å². The van der Waals surface area contributed by atoms with Gasteiger partial charge in [-0.05, 0) is 66.7 Å². The van der Waals surface area contributed by atoms with Crippen molar-refractivity contribution in [2.45, 2.75) is 38.0 Å². The number of aliphatic hydroxyl groups excluding tert-OH is 1. The van der Waals surface area contributed by atoms with Crippen molar-refractivity contribution in [1.29, 1.82) is 0 Å². The molecule has 1 saturated heterocycles. The van der Waals surface area contributed by atoms with Crippen LogP contribution in [-0.4, -0.2) is 45.0 Å². The lowest BCUT2D eigenvalue weighted by Crippen LogP contribution is -2.32. The minimum absolute atomic E-state index is 0.298. The molecule has 1 aliphatic heterocycles. The van der Waals surface area contributed by atoms with Gasteiger partial charge in [-0.3, -0.25) is 9.69 Å². The Balaban J connectivity index is 1.21. The number of pyridine rings is 1. The lowest BCUT2D eigenvalue weighted by molar-refractivity contribution is -0.137. The Kier molecular flexibility index (Phi) is 7.13. The highest BCUT2D eigenvalue weighted by molar-refractivity contribution is 5.96. The molecule has 0 unspecified atom stereocenters. The minimum atomic E-state index is -4.32. The number of piperidine rings is 1. The number of carbonyl (C=O) groups excluding carboxylic acids is 1. The van der Waals surface area contributed by atoms with Gasteiger partial charge in [-0.2, -0.15) is 13.2 Å². The molecule has 0 atom stereocenters. The van der Waals surface area contributed by atoms with Crippen molar-refractivity contribution >= 4 is 16.8 Å². The number of rotatable bonds is 7. The van der Waals surface area contributed by atoms with Gasteiger partial charge in [0.1, 0.15) is 12.3 Å². The van der Waals surface area contributed by atoms with Gasteiger partial charge in [0.25, 0.3) is 0 Å². The molecule has 0 radical (unpaired) electrons. The molecule has 192 valence electrons. The summed E-state index contributed by atoms with van der Waals surface area (Å²) < 4.78 is 41.1. The largest absolute Gasteiger partial charge is 0.416 e. The summed E-state index contributed by atoms with van der Waals surface area (Å²) in [5, 5.41) is 10.1. The number of Topliss-reactive ketones (excluding diaryl/α,β-unsaturated/α-hetero) is 1. The molecule has 2 aromatic carbocycles. The number of nitrogens with zero attached hydrogens (tertiary/aromatic N) is 3. The van der Waals surface area contributed by atoms with E-state index in [4.69, 9.17) is 10.1 Å². The van der Waals surface area contributed by atoms with Gasteiger partial charge in [-0.15, -0.1) is 0 Å². The van der Waals surface area contributed by atoms with Crippen molar-refractivity contribution in [2.75, 3.05) is 19.7 Å². The van der Waals surface area contributed by atoms with Crippen molar-refractivity contribution in [3.8, 4) is 0 Å². The normalized spacial score (nSPS) is 15.4. The SMILES string of the molecule is O=C(CO)c1ccc(Cn2ccc3cc(C4CCN(Cc5cccc(C(F)(F)F)c5)CC4)cnc32)cc1. The van der Waals surface area contributed by atoms with E-state index < -0.39 is 18.3 Å². The Hall–Kier alpha value is -3.49. The third-order valence-electron chi connectivity index (χ3n) is 7.11. The summed E-state index contributed by atoms with van der Waals surface area (Å²) in [6, 6.07) is 17.1. The molecule has 0 saturated carbocycles. The summed E-state index contributed by atoms with van der Waals surface area (Å²) in [5.41, 5.74) is 3.70. The van der Waals surface area contributed by atoms with E-state index in [2.05, 4.69) is 21.6 Å². The number of fused-ring (bicyclic) bond motifs is 1. The zero-order valence-electron chi connectivity index (χ0n) is 20.3. The Bertz CT molecular complexity index is 1390. The fourth-order valence-corrected chi connectivity index (χ4v) is 5.06. The molecule has 8 heteroatoms. The average Bonchev–Trinajstić information content (AvgIpc) is 3.30. The van der Waals surface area contributed by atoms with Crippen LogP contribution >= 0.6 is 0 Å². The molecule has 3 heterocycles. The number of likely N-dealkylation sites (tertiary alicyclic amines) is 1. The molecule has 0 bridgehead atoms. The summed E-state index contributed by atoms with van der Waals surface area (Å²) in [5.74, 6) is 0.0725. The van der Waals surface area contributed by atoms with E-state index >= 15 is 0 Å². The van der Waals surface area contributed by atoms with Crippen LogP contribution in [-0.2, 0) is 19.3 Å². The number of benzene rings is 2. The van der Waals surface area contributed by atoms with E-state index in [1.54, 1.807) is 18.2 Å². The summed E-state index contributed by atoms with van der Waals surface area (Å²) in [6.07, 6.45) is 1.50. The number of hydrogen-bond acceptors (Lipinski definition) is 4. The second-order valence-electron chi connectivity index (χ2n) is 9.65. The van der Waals surface area contributed by atoms with E-state index in [1.165, 1.54) is 17.7 Å². The van der Waals surface area contributed by atoms with Gasteiger partial charge in [0.15, 0.2) is 5.78 Å². The van der Waals surface area contributed by atoms with E-state index in [-0.39, 0.29) is 5.78 Å². The number of alkyl halides is 3. The molecule has 37 heavy (non-hydrogen) atoms. The summed E-state index contributed by atoms with van der Waals surface area (Å²) in [4.78, 5) is 18.6. The molecule has 1 aliphatic rings. The third-order valence-corrected chi connectivity index (χ3v) is 7.11. The highest BCUT2D eigenvalue weighted by Crippen LogP contribution is 2.32. The van der Waals surface area contributed by atoms with Crippen LogP contribution in [0.1, 0.15) is 51.4 Å². The van der Waals surface area contributed by atoms with Crippen molar-refractivity contribution in [2.24, 2.45) is 0 Å². The van der Waals surface area contributed by atoms with Crippen molar-refractivity contribution in [1.82, 2.24) is 14.5 Å². The van der Waals surface area contributed by atoms with Gasteiger partial charge in [0, 0.05) is 36.4 Å². The van der Waals surface area contributed by atoms with Crippen molar-refractivity contribution < 1.29 is 23.1 Å². The van der Waals surface area contributed by atoms with E-state index in [0.717, 1.165) is 48.6 Å². The summed E-state index contributed by atoms with van der Waals surface area (Å²) in [6.45, 7) is 2.30. The predicted molar refractivity (Wildman–Crippen MR) is 135 cm³/mol. The average molecular weight is 508 g/mol. The number of aliphatic hydroxyl groups is 1. The molecule has 5 nitrogen and oxygen atoms in total. The predicted octanol–water partition coefficient (Wildman–Crippen LogP) is 5.66. The molecule has 2 aromatic heterocycles. The van der Waals surface area contributed by atoms with Gasteiger partial charge in [0.05, 0.1) is 5.56 Å². The van der Waals surface area contributed by atoms with E-state index in [9.17, 15) is 18.0 Å². The van der Waals surface area contributed by atoms with Crippen LogP contribution in [0.3, 0.4) is 0 Å². The molecule has 0 amide bonds. The summed E-state index contributed by atoms with van der Waals surface area (Å²) >= 11 is 0. The first kappa shape index (κ1) is 25.2. The fraction of sp³-hybridized carbons (Fsp3) is 0.310. The Morgan fingerprint density at radius 3 is 2.43 bits per heavy atom. The maximum atomic E-state index is 13.0. The molecule has 1 fully saturated rings. The molecule has 1 N–H and O–H groups in total. The standard InChI is InChI=1S/C29H28F3N3O2/c30-29(31,32)26-3-1-2-21(14-26)17-34-11-8-22(9-12-34)25-15-24-10-13-35(28(24)33-16-25)18-20-4-6-23(7-5-20)27(37)19-36/h1-7,10,13-16,22,36H,8-9,11-12,17-19H2. The van der Waals surface area contributed by atoms with Gasteiger partial charge >= 0.3 is 6.18 Å². The molecular weight excluding hydrogens is 479 g/mol. The lowest BCUT2D eigenvalue weighted by Gasteiger charge is -2.32. The first-order valence-electron chi connectivity index (χ1n) is 12.4. The maximum absolute atomic E-state index is 13.0. The van der Waals surface area contributed by atoms with Gasteiger partial charge in [0.2, 0.25) is 0 Å². The molecule has 4 aromatic rings. The van der Waals surface area contributed by atoms with Gasteiger partial charge < -0.3 is 9.67 Å². The highest BCUT2D eigenvalue weighted by atomic mass is 19.4. The van der Waals surface area contributed by atoms with Crippen LogP contribution in [0.2, 0.25) is 0 Å². The Morgan fingerprint density at radius 2 is 1.73 bits per heavy atom. The quantitative estimate of drug-likeness (QED) is 0.328. The second kappa shape index (κ2) is 10.5. The van der Waals surface area contributed by atoms with Crippen molar-refractivity contribution in [3.63, 3.8) is 0 Å². The first-order chi connectivity index (χ1) is 17.8. The highest BCUT2D eigenvalue weighted by Gasteiger charge is 2.30. The number of hydrogen-bond donors (Lipinski definition) is 1. The number of aromatic nitrogens is 2. The Morgan fingerprint density at radius 1 is 0.973 bits per heavy atom. The fourth-order valence-electron chi connectivity index (χ4n) is 5.06. The zero-order chi connectivity index (χ0) is 26.0. The smallest absolute Gasteiger partial charge is 0.388 e. The zero-order valence-corrected chi connectivity index (χ0v) is 20.3. The van der Waals surface area contributed by atoms with Crippen LogP contribution in [0.5, 0.6) is 0 Å². The summed E-state index contributed by atoms with van der Waals surface area (Å²) in [7, 11) is 0. The Labute approximate surface area is 213 Å². The van der Waals surface area contributed by atoms with Crippen LogP contribution in [0.4, 0.5) is 13.2 Å². The minimum Gasteiger partial charge on any atom is -0.388 e. The monoisotopic (exact) mass is 507 g/mol. The maximum Gasteiger partial charge on any atom is 0.416 e. The van der Waals surface area contributed by atoms with Crippen LogP contribution in [0.15, 0.2) is 73.1 Å². The lowest BCUT2D eigenvalue weighted by atomic mass is 9.90. The first-order valence-corrected chi connectivity index (χ1v) is 12.4. The molecule has 0 spiro atoms. The molecule has 5 rings (SSSR count). The number of ketones is 1. The third kappa shape index (κ3) is 5.76. The van der Waals surface area contributed by atoms with Crippen LogP contribution in [0, 0.1) is 0 Å². The topological polar surface area (TPSA) is 58.4 Å². The van der Waals surface area contributed by atoms with Crippen LogP contribution < -0.4 is 0 Å². The van der Waals surface area contributed by atoms with E-state index in [0.29, 0.717) is 30.1 Å². The van der Waals surface area contributed by atoms with Gasteiger partial charge in [-0.25, -0.2) is 4.98 Å². The second-order valence-corrected chi connectivity index (χ2v) is 9.65.